The van der Waals surface area contributed by atoms with E-state index in [0.29, 0.717) is 29.9 Å². The molecule has 0 unspecified atom stereocenters. The van der Waals surface area contributed by atoms with Crippen molar-refractivity contribution < 1.29 is 34.6 Å². The van der Waals surface area contributed by atoms with Gasteiger partial charge in [0, 0.05) is 11.4 Å². The first-order chi connectivity index (χ1) is 15.0. The molecule has 0 radical (unpaired) electrons. The summed E-state index contributed by atoms with van der Waals surface area (Å²) in [5, 5.41) is 40.1. The van der Waals surface area contributed by atoms with Crippen LogP contribution in [0.25, 0.3) is 0 Å². The molecule has 2 aliphatic rings. The minimum Gasteiger partial charge on any atom is -0.512 e. The van der Waals surface area contributed by atoms with Gasteiger partial charge in [-0.05, 0) is 41.3 Å². The fraction of sp³-hybridized carbons (Fsp3) is 0.391. The van der Waals surface area contributed by atoms with Gasteiger partial charge in [0.1, 0.15) is 36.4 Å². The number of benzene rings is 2. The lowest BCUT2D eigenvalue weighted by Gasteiger charge is -2.37. The molecule has 7 nitrogen and oxygen atoms in total. The first-order valence-electron chi connectivity index (χ1n) is 10.1. The average molecular weight is 449 g/mol. The average Bonchev–Trinajstić information content (AvgIpc) is 3.28. The number of hydrogen-bond acceptors (Lipinski definition) is 7. The monoisotopic (exact) mass is 448 g/mol. The van der Waals surface area contributed by atoms with Crippen LogP contribution in [-0.2, 0) is 15.9 Å². The maximum atomic E-state index is 10.4. The highest BCUT2D eigenvalue weighted by Crippen LogP contribution is 2.35. The molecule has 0 amide bonds. The van der Waals surface area contributed by atoms with E-state index in [1.165, 1.54) is 0 Å². The molecule has 0 bridgehead atoms. The second-order valence-corrected chi connectivity index (χ2v) is 8.18. The van der Waals surface area contributed by atoms with Gasteiger partial charge in [-0.1, -0.05) is 35.9 Å². The van der Waals surface area contributed by atoms with Crippen molar-refractivity contribution in [1.29, 1.82) is 0 Å². The van der Waals surface area contributed by atoms with Gasteiger partial charge < -0.3 is 34.6 Å². The zero-order chi connectivity index (χ0) is 22.0. The van der Waals surface area contributed by atoms with Gasteiger partial charge in [-0.15, -0.1) is 0 Å². The third kappa shape index (κ3) is 4.81. The van der Waals surface area contributed by atoms with Crippen LogP contribution in [0.2, 0.25) is 5.02 Å². The fourth-order valence-corrected chi connectivity index (χ4v) is 3.99. The molecular formula is C23H25ClO7. The molecule has 2 heterocycles. The van der Waals surface area contributed by atoms with Crippen LogP contribution in [0.5, 0.6) is 5.75 Å². The molecule has 5 atom stereocenters. The Labute approximate surface area is 185 Å². The largest absolute Gasteiger partial charge is 0.512 e. The van der Waals surface area contributed by atoms with E-state index in [1.807, 2.05) is 24.3 Å². The Morgan fingerprint density at radius 2 is 1.84 bits per heavy atom. The van der Waals surface area contributed by atoms with E-state index < -0.39 is 24.4 Å². The highest BCUT2D eigenvalue weighted by Gasteiger charge is 2.42. The topological polar surface area (TPSA) is 109 Å². The van der Waals surface area contributed by atoms with Crippen molar-refractivity contribution in [2.24, 2.45) is 0 Å². The molecule has 4 N–H and O–H groups in total. The predicted octanol–water partition coefficient (Wildman–Crippen LogP) is 2.65. The van der Waals surface area contributed by atoms with Crippen LogP contribution in [0.3, 0.4) is 0 Å². The minimum absolute atomic E-state index is 0.0885. The molecule has 2 aromatic rings. The Bertz CT molecular complexity index is 924. The van der Waals surface area contributed by atoms with Crippen LogP contribution >= 0.6 is 11.6 Å². The van der Waals surface area contributed by atoms with Crippen LogP contribution < -0.4 is 4.74 Å². The number of rotatable bonds is 5. The maximum absolute atomic E-state index is 10.4. The second-order valence-electron chi connectivity index (χ2n) is 7.77. The summed E-state index contributed by atoms with van der Waals surface area (Å²) in [5.74, 6) is 0.580. The van der Waals surface area contributed by atoms with Gasteiger partial charge in [0.25, 0.3) is 0 Å². The molecule has 2 saturated heterocycles. The van der Waals surface area contributed by atoms with Crippen molar-refractivity contribution >= 4 is 11.6 Å². The molecule has 8 heteroatoms. The molecule has 2 aromatic carbocycles. The van der Waals surface area contributed by atoms with Crippen LogP contribution in [0.1, 0.15) is 29.2 Å². The van der Waals surface area contributed by atoms with E-state index in [0.717, 1.165) is 29.9 Å². The third-order valence-corrected chi connectivity index (χ3v) is 5.94. The number of aliphatic hydroxyl groups excluding tert-OH is 4. The van der Waals surface area contributed by atoms with Gasteiger partial charge in [-0.3, -0.25) is 0 Å². The second kappa shape index (κ2) is 9.46. The summed E-state index contributed by atoms with van der Waals surface area (Å²) in [5.41, 5.74) is 2.40. The van der Waals surface area contributed by atoms with E-state index >= 15 is 0 Å². The molecule has 166 valence electrons. The number of ether oxygens (including phenoxy) is 3. The Morgan fingerprint density at radius 3 is 2.52 bits per heavy atom. The van der Waals surface area contributed by atoms with Crippen LogP contribution in [0.4, 0.5) is 0 Å². The molecule has 0 aromatic heterocycles. The van der Waals surface area contributed by atoms with Crippen LogP contribution in [-0.4, -0.2) is 58.1 Å². The molecular weight excluding hydrogens is 424 g/mol. The molecule has 2 fully saturated rings. The van der Waals surface area contributed by atoms with Crippen LogP contribution in [0.15, 0.2) is 54.5 Å². The van der Waals surface area contributed by atoms with Crippen molar-refractivity contribution in [2.75, 3.05) is 13.2 Å². The summed E-state index contributed by atoms with van der Waals surface area (Å²) in [6.07, 6.45) is -3.22. The minimum atomic E-state index is -1.50. The lowest BCUT2D eigenvalue weighted by atomic mass is 9.91. The van der Waals surface area contributed by atoms with Crippen molar-refractivity contribution in [1.82, 2.24) is 0 Å². The SMILES string of the molecule is O/C=C1/O[C@@H](c2ccc(Cl)c(Cc3ccc(O[C@H]4CCOC4)cc3)c2)[C@H](O)[C@@H](O)[C@@H]1O. The van der Waals surface area contributed by atoms with Crippen molar-refractivity contribution in [3.8, 4) is 5.75 Å². The maximum Gasteiger partial charge on any atom is 0.162 e. The standard InChI is InChI=1S/C23H25ClO7/c24-18-6-3-14(23-22(28)21(27)20(26)19(11-25)31-23)10-15(18)9-13-1-4-16(5-2-13)30-17-7-8-29-12-17/h1-6,10-11,17,20-23,25-28H,7-9,12H2/b19-11+/t17-,20+,21-,22+,23-/m0/s1. The summed E-state index contributed by atoms with van der Waals surface area (Å²) in [4.78, 5) is 0. The van der Waals surface area contributed by atoms with Crippen molar-refractivity contribution in [3.63, 3.8) is 0 Å². The van der Waals surface area contributed by atoms with Gasteiger partial charge in [-0.2, -0.15) is 0 Å². The van der Waals surface area contributed by atoms with Gasteiger partial charge in [0.2, 0.25) is 0 Å². The van der Waals surface area contributed by atoms with Crippen molar-refractivity contribution in [3.05, 3.63) is 76.2 Å². The smallest absolute Gasteiger partial charge is 0.162 e. The zero-order valence-corrected chi connectivity index (χ0v) is 17.5. The lowest BCUT2D eigenvalue weighted by Crippen LogP contribution is -2.47. The Kier molecular flexibility index (Phi) is 6.69. The predicted molar refractivity (Wildman–Crippen MR) is 113 cm³/mol. The third-order valence-electron chi connectivity index (χ3n) is 5.57. The molecule has 4 rings (SSSR count). The number of halogens is 1. The molecule has 0 aliphatic carbocycles. The quantitative estimate of drug-likeness (QED) is 0.521. The van der Waals surface area contributed by atoms with Crippen molar-refractivity contribution in [2.45, 2.75) is 43.4 Å². The van der Waals surface area contributed by atoms with Crippen LogP contribution in [0, 0.1) is 0 Å². The van der Waals surface area contributed by atoms with Gasteiger partial charge in [0.15, 0.2) is 11.9 Å². The van der Waals surface area contributed by atoms with E-state index in [1.54, 1.807) is 18.2 Å². The first-order valence-corrected chi connectivity index (χ1v) is 10.5. The normalized spacial score (nSPS) is 29.7. The van der Waals surface area contributed by atoms with E-state index in [9.17, 15) is 20.4 Å². The summed E-state index contributed by atoms with van der Waals surface area (Å²) in [6, 6.07) is 12.9. The highest BCUT2D eigenvalue weighted by atomic mass is 35.5. The first kappa shape index (κ1) is 21.9. The van der Waals surface area contributed by atoms with Gasteiger partial charge >= 0.3 is 0 Å². The molecule has 0 saturated carbocycles. The van der Waals surface area contributed by atoms with Gasteiger partial charge in [-0.25, -0.2) is 0 Å². The number of aliphatic hydroxyl groups is 4. The number of hydrogen-bond donors (Lipinski definition) is 4. The Balaban J connectivity index is 1.50. The van der Waals surface area contributed by atoms with E-state index in [4.69, 9.17) is 25.8 Å². The Hall–Kier alpha value is -2.29. The Morgan fingerprint density at radius 1 is 1.06 bits per heavy atom. The van der Waals surface area contributed by atoms with E-state index in [-0.39, 0.29) is 11.9 Å². The summed E-state index contributed by atoms with van der Waals surface area (Å²) >= 11 is 6.39. The summed E-state index contributed by atoms with van der Waals surface area (Å²) in [6.45, 7) is 1.33. The molecule has 0 spiro atoms. The summed E-state index contributed by atoms with van der Waals surface area (Å²) < 4.78 is 16.7. The van der Waals surface area contributed by atoms with E-state index in [2.05, 4.69) is 0 Å². The summed E-state index contributed by atoms with van der Waals surface area (Å²) in [7, 11) is 0. The fourth-order valence-electron chi connectivity index (χ4n) is 3.80. The van der Waals surface area contributed by atoms with Gasteiger partial charge in [0.05, 0.1) is 13.2 Å². The highest BCUT2D eigenvalue weighted by molar-refractivity contribution is 6.31. The lowest BCUT2D eigenvalue weighted by molar-refractivity contribution is -0.159. The molecule has 31 heavy (non-hydrogen) atoms. The zero-order valence-electron chi connectivity index (χ0n) is 16.7. The molecule has 2 aliphatic heterocycles.